The minimum atomic E-state index is -2.85. The molecule has 1 aliphatic rings. The van der Waals surface area contributed by atoms with Crippen molar-refractivity contribution >= 4 is 12.2 Å². The Kier molecular flexibility index (Phi) is 6.07. The maximum absolute atomic E-state index is 13.6. The molecule has 0 saturated carbocycles. The minimum absolute atomic E-state index is 0.0231. The van der Waals surface area contributed by atoms with Gasteiger partial charge in [-0.25, -0.2) is 18.0 Å². The molecule has 0 aromatic heterocycles. The average molecular weight is 423 g/mol. The van der Waals surface area contributed by atoms with Gasteiger partial charge in [-0.05, 0) is 39.9 Å². The highest BCUT2D eigenvalue weighted by atomic mass is 19.3. The Labute approximate surface area is 178 Å². The van der Waals surface area contributed by atoms with Crippen LogP contribution in [0.5, 0.6) is 0 Å². The third-order valence-corrected chi connectivity index (χ3v) is 5.28. The van der Waals surface area contributed by atoms with Crippen molar-refractivity contribution in [3.05, 3.63) is 101 Å². The number of carbonyl (C=O) groups is 1. The molecule has 0 atom stereocenters. The molecule has 4 rings (SSSR count). The summed E-state index contributed by atoms with van der Waals surface area (Å²) in [7, 11) is 0. The van der Waals surface area contributed by atoms with Crippen molar-refractivity contribution in [2.45, 2.75) is 12.3 Å². The molecule has 158 valence electrons. The van der Waals surface area contributed by atoms with Gasteiger partial charge in [-0.2, -0.15) is 0 Å². The Morgan fingerprint density at radius 3 is 2.26 bits per heavy atom. The highest BCUT2D eigenvalue weighted by molar-refractivity contribution is 5.79. The van der Waals surface area contributed by atoms with Crippen LogP contribution in [0.2, 0.25) is 0 Å². The summed E-state index contributed by atoms with van der Waals surface area (Å²) in [6, 6.07) is 19.6. The molecule has 0 spiro atoms. The maximum Gasteiger partial charge on any atom is 0.407 e. The summed E-state index contributed by atoms with van der Waals surface area (Å²) >= 11 is 0. The summed E-state index contributed by atoms with van der Waals surface area (Å²) in [5.41, 5.74) is 4.36. The van der Waals surface area contributed by atoms with Crippen LogP contribution in [0.1, 0.15) is 34.6 Å². The fourth-order valence-electron chi connectivity index (χ4n) is 3.81. The van der Waals surface area contributed by atoms with Crippen molar-refractivity contribution in [2.24, 2.45) is 0 Å². The number of fused-ring (bicyclic) bond motifs is 3. The van der Waals surface area contributed by atoms with Crippen LogP contribution in [-0.4, -0.2) is 19.2 Å². The Morgan fingerprint density at radius 1 is 1.00 bits per heavy atom. The van der Waals surface area contributed by atoms with Gasteiger partial charge in [0.15, 0.2) is 0 Å². The normalized spacial score (nSPS) is 12.8. The molecule has 3 aromatic rings. The first kappa shape index (κ1) is 20.7. The van der Waals surface area contributed by atoms with Crippen molar-refractivity contribution in [2.75, 3.05) is 13.2 Å². The van der Waals surface area contributed by atoms with E-state index in [0.717, 1.165) is 34.4 Å². The van der Waals surface area contributed by atoms with Crippen molar-refractivity contribution < 1.29 is 22.7 Å². The largest absolute Gasteiger partial charge is 0.449 e. The third-order valence-electron chi connectivity index (χ3n) is 5.28. The molecule has 0 heterocycles. The highest BCUT2D eigenvalue weighted by Gasteiger charge is 2.28. The first-order valence-electron chi connectivity index (χ1n) is 9.87. The molecular formula is C25H20F3NO2. The van der Waals surface area contributed by atoms with E-state index in [1.807, 2.05) is 36.4 Å². The van der Waals surface area contributed by atoms with Gasteiger partial charge in [-0.1, -0.05) is 66.7 Å². The molecule has 0 radical (unpaired) electrons. The number of alkyl carbamates (subject to hydrolysis) is 1. The highest BCUT2D eigenvalue weighted by Crippen LogP contribution is 2.44. The van der Waals surface area contributed by atoms with Crippen LogP contribution in [0.4, 0.5) is 18.0 Å². The van der Waals surface area contributed by atoms with Gasteiger partial charge in [-0.3, -0.25) is 0 Å². The number of hydrogen-bond acceptors (Lipinski definition) is 2. The van der Waals surface area contributed by atoms with E-state index in [9.17, 15) is 18.0 Å². The molecular weight excluding hydrogens is 403 g/mol. The number of alkyl halides is 2. The molecule has 0 fully saturated rings. The number of nitrogens with one attached hydrogen (secondary N) is 1. The van der Waals surface area contributed by atoms with Crippen LogP contribution < -0.4 is 5.32 Å². The predicted molar refractivity (Wildman–Crippen MR) is 113 cm³/mol. The lowest BCUT2D eigenvalue weighted by Gasteiger charge is -2.14. The lowest BCUT2D eigenvalue weighted by Crippen LogP contribution is -2.26. The number of carbonyl (C=O) groups excluding carboxylic acids is 1. The maximum atomic E-state index is 13.6. The minimum Gasteiger partial charge on any atom is -0.449 e. The van der Waals surface area contributed by atoms with Crippen LogP contribution in [0.3, 0.4) is 0 Å². The number of ether oxygens (including phenoxy) is 1. The number of rotatable bonds is 6. The fourth-order valence-corrected chi connectivity index (χ4v) is 3.81. The van der Waals surface area contributed by atoms with Crippen LogP contribution >= 0.6 is 0 Å². The van der Waals surface area contributed by atoms with E-state index in [2.05, 4.69) is 17.4 Å². The molecule has 1 aliphatic carbocycles. The molecule has 0 unspecified atom stereocenters. The third kappa shape index (κ3) is 4.48. The smallest absolute Gasteiger partial charge is 0.407 e. The van der Waals surface area contributed by atoms with E-state index >= 15 is 0 Å². The summed E-state index contributed by atoms with van der Waals surface area (Å²) < 4.78 is 44.2. The Hall–Kier alpha value is -3.54. The van der Waals surface area contributed by atoms with Gasteiger partial charge in [0.2, 0.25) is 0 Å². The van der Waals surface area contributed by atoms with Gasteiger partial charge in [0.1, 0.15) is 12.4 Å². The van der Waals surface area contributed by atoms with Crippen molar-refractivity contribution in [1.29, 1.82) is 0 Å². The summed E-state index contributed by atoms with van der Waals surface area (Å²) in [6.07, 6.45) is -0.278. The van der Waals surface area contributed by atoms with Gasteiger partial charge < -0.3 is 10.1 Å². The number of halogens is 3. The molecule has 0 saturated heterocycles. The molecule has 31 heavy (non-hydrogen) atoms. The van der Waals surface area contributed by atoms with Crippen LogP contribution in [-0.2, 0) is 4.74 Å². The zero-order valence-electron chi connectivity index (χ0n) is 16.5. The number of amides is 1. The Bertz CT molecular complexity index is 1080. The summed E-state index contributed by atoms with van der Waals surface area (Å²) in [5.74, 6) is -0.980. The lowest BCUT2D eigenvalue weighted by molar-refractivity contribution is 0.144. The van der Waals surface area contributed by atoms with E-state index in [4.69, 9.17) is 4.74 Å². The first-order chi connectivity index (χ1) is 15.0. The van der Waals surface area contributed by atoms with E-state index in [0.29, 0.717) is 5.56 Å². The molecule has 1 amide bonds. The van der Waals surface area contributed by atoms with Crippen LogP contribution in [0.25, 0.3) is 17.2 Å². The molecule has 3 aromatic carbocycles. The summed E-state index contributed by atoms with van der Waals surface area (Å²) in [6.45, 7) is 0.374. The quantitative estimate of drug-likeness (QED) is 0.504. The molecule has 0 aliphatic heterocycles. The first-order valence-corrected chi connectivity index (χ1v) is 9.87. The van der Waals surface area contributed by atoms with Crippen LogP contribution in [0, 0.1) is 5.82 Å². The van der Waals surface area contributed by atoms with Crippen molar-refractivity contribution in [3.8, 4) is 11.1 Å². The van der Waals surface area contributed by atoms with Gasteiger partial charge in [0.05, 0.1) is 5.56 Å². The fraction of sp³-hybridized carbons (Fsp3) is 0.160. The standard InChI is InChI=1S/C25H20F3NO2/c26-23-14-16(11-12-21(23)24(27)28)6-5-13-29-25(30)31-15-22-19-9-3-1-7-17(19)18-8-2-4-10-20(18)22/h1-12,14,22,24H,13,15H2,(H,29,30). The second-order valence-electron chi connectivity index (χ2n) is 7.19. The van der Waals surface area contributed by atoms with Crippen LogP contribution in [0.15, 0.2) is 72.8 Å². The average Bonchev–Trinajstić information content (AvgIpc) is 3.09. The zero-order valence-corrected chi connectivity index (χ0v) is 16.5. The van der Waals surface area contributed by atoms with E-state index in [1.54, 1.807) is 12.2 Å². The van der Waals surface area contributed by atoms with Gasteiger partial charge in [0.25, 0.3) is 6.43 Å². The van der Waals surface area contributed by atoms with E-state index in [-0.39, 0.29) is 19.1 Å². The molecule has 6 heteroatoms. The van der Waals surface area contributed by atoms with Gasteiger partial charge in [0, 0.05) is 12.5 Å². The van der Waals surface area contributed by atoms with Crippen molar-refractivity contribution in [3.63, 3.8) is 0 Å². The second kappa shape index (κ2) is 9.08. The van der Waals surface area contributed by atoms with E-state index in [1.165, 1.54) is 6.07 Å². The lowest BCUT2D eigenvalue weighted by atomic mass is 9.98. The topological polar surface area (TPSA) is 38.3 Å². The summed E-state index contributed by atoms with van der Waals surface area (Å²) in [4.78, 5) is 12.1. The zero-order chi connectivity index (χ0) is 21.8. The SMILES string of the molecule is O=C(NCC=Cc1ccc(C(F)F)c(F)c1)OCC1c2ccccc2-c2ccccc21. The predicted octanol–water partition coefficient (Wildman–Crippen LogP) is 6.32. The monoisotopic (exact) mass is 423 g/mol. The molecule has 1 N–H and O–H groups in total. The Morgan fingerprint density at radius 2 is 1.65 bits per heavy atom. The van der Waals surface area contributed by atoms with E-state index < -0.39 is 23.9 Å². The number of hydrogen-bond donors (Lipinski definition) is 1. The Balaban J connectivity index is 1.31. The molecule has 3 nitrogen and oxygen atoms in total. The summed E-state index contributed by atoms with van der Waals surface area (Å²) in [5, 5.41) is 2.61. The van der Waals surface area contributed by atoms with Gasteiger partial charge >= 0.3 is 6.09 Å². The number of benzene rings is 3. The van der Waals surface area contributed by atoms with Crippen molar-refractivity contribution in [1.82, 2.24) is 5.32 Å². The second-order valence-corrected chi connectivity index (χ2v) is 7.19. The molecule has 0 bridgehead atoms. The van der Waals surface area contributed by atoms with Gasteiger partial charge in [-0.15, -0.1) is 0 Å².